The smallest absolute Gasteiger partial charge is 0.295 e. The number of rotatable bonds is 6. The van der Waals surface area contributed by atoms with Gasteiger partial charge in [-0.15, -0.1) is 0 Å². The average Bonchev–Trinajstić information content (AvgIpc) is 3.07. The fraction of sp³-hybridized carbons (Fsp3) is 0.160. The molecule has 0 radical (unpaired) electrons. The van der Waals surface area contributed by atoms with E-state index in [1.54, 1.807) is 36.4 Å². The number of carbonyl (C=O) groups is 1. The van der Waals surface area contributed by atoms with Crippen molar-refractivity contribution < 1.29 is 27.4 Å². The molecule has 0 fully saturated rings. The van der Waals surface area contributed by atoms with Crippen LogP contribution >= 0.6 is 0 Å². The highest BCUT2D eigenvalue weighted by molar-refractivity contribution is 7.95. The van der Waals surface area contributed by atoms with Crippen LogP contribution in [0.3, 0.4) is 0 Å². The Kier molecular flexibility index (Phi) is 5.95. The number of aliphatic hydroxyl groups is 1. The minimum atomic E-state index is -4.24. The zero-order chi connectivity index (χ0) is 23.8. The zero-order valence-electron chi connectivity index (χ0n) is 18.0. The molecule has 1 amide bonds. The van der Waals surface area contributed by atoms with Crippen LogP contribution in [0.5, 0.6) is 5.75 Å². The summed E-state index contributed by atoms with van der Waals surface area (Å²) in [4.78, 5) is 13.8. The van der Waals surface area contributed by atoms with Gasteiger partial charge in [0, 0.05) is 5.69 Å². The largest absolute Gasteiger partial charge is 0.502 e. The number of halogens is 1. The number of hydrogen-bond donors (Lipinski definition) is 1. The summed E-state index contributed by atoms with van der Waals surface area (Å²) in [5.41, 5.74) is 1.57. The summed E-state index contributed by atoms with van der Waals surface area (Å²) in [5, 5.41) is 10.8. The van der Waals surface area contributed by atoms with E-state index in [0.29, 0.717) is 17.9 Å². The van der Waals surface area contributed by atoms with E-state index in [1.165, 1.54) is 36.4 Å². The van der Waals surface area contributed by atoms with Gasteiger partial charge in [0.25, 0.3) is 5.91 Å². The van der Waals surface area contributed by atoms with Crippen LogP contribution in [0.25, 0.3) is 0 Å². The number of aryl methyl sites for hydroxylation is 1. The topological polar surface area (TPSA) is 83.9 Å². The normalized spacial score (nSPS) is 16.4. The second-order valence-electron chi connectivity index (χ2n) is 7.59. The molecule has 0 unspecified atom stereocenters. The lowest BCUT2D eigenvalue weighted by atomic mass is 10.1. The molecule has 0 bridgehead atoms. The fourth-order valence-electron chi connectivity index (χ4n) is 3.78. The number of carbonyl (C=O) groups excluding carboxylic acids is 1. The third kappa shape index (κ3) is 4.09. The summed E-state index contributed by atoms with van der Waals surface area (Å²) < 4.78 is 46.2. The highest BCUT2D eigenvalue weighted by atomic mass is 32.2. The van der Waals surface area contributed by atoms with E-state index in [0.717, 1.165) is 10.5 Å². The van der Waals surface area contributed by atoms with Crippen LogP contribution in [-0.2, 0) is 14.6 Å². The molecule has 8 heteroatoms. The maximum absolute atomic E-state index is 13.6. The van der Waals surface area contributed by atoms with E-state index < -0.39 is 38.3 Å². The minimum absolute atomic E-state index is 0.0423. The first-order valence-electron chi connectivity index (χ1n) is 10.3. The summed E-state index contributed by atoms with van der Waals surface area (Å²) in [7, 11) is -4.24. The Balaban J connectivity index is 1.90. The molecule has 1 aliphatic rings. The monoisotopic (exact) mass is 467 g/mol. The standard InChI is InChI=1S/C25H22FNO5S/c1-3-32-20-12-6-17(7-13-20)22-24(33(30,31)21-14-4-16(2)5-15-21)23(28)25(29)27(22)19-10-8-18(26)9-11-19/h4-15,22,28H,3H2,1-2H3/t22-/m0/s1. The van der Waals surface area contributed by atoms with Crippen molar-refractivity contribution in [1.29, 1.82) is 0 Å². The Bertz CT molecular complexity index is 1310. The van der Waals surface area contributed by atoms with Crippen LogP contribution in [0.1, 0.15) is 24.1 Å². The predicted molar refractivity (Wildman–Crippen MR) is 122 cm³/mol. The SMILES string of the molecule is CCOc1ccc([C@H]2C(S(=O)(=O)c3ccc(C)cc3)=C(O)C(=O)N2c2ccc(F)cc2)cc1. The van der Waals surface area contributed by atoms with Gasteiger partial charge >= 0.3 is 0 Å². The van der Waals surface area contributed by atoms with Crippen LogP contribution in [0.15, 0.2) is 88.4 Å². The van der Waals surface area contributed by atoms with Crippen molar-refractivity contribution in [2.24, 2.45) is 0 Å². The second-order valence-corrected chi connectivity index (χ2v) is 9.50. The van der Waals surface area contributed by atoms with E-state index in [-0.39, 0.29) is 10.6 Å². The Morgan fingerprint density at radius 1 is 0.970 bits per heavy atom. The van der Waals surface area contributed by atoms with Gasteiger partial charge in [0.2, 0.25) is 9.84 Å². The molecule has 0 spiro atoms. The van der Waals surface area contributed by atoms with Crippen molar-refractivity contribution in [3.63, 3.8) is 0 Å². The van der Waals surface area contributed by atoms with Gasteiger partial charge in [0.05, 0.1) is 11.5 Å². The van der Waals surface area contributed by atoms with Crippen molar-refractivity contribution in [2.75, 3.05) is 11.5 Å². The van der Waals surface area contributed by atoms with Crippen LogP contribution in [0.2, 0.25) is 0 Å². The van der Waals surface area contributed by atoms with Gasteiger partial charge in [0.1, 0.15) is 22.5 Å². The minimum Gasteiger partial charge on any atom is -0.502 e. The highest BCUT2D eigenvalue weighted by Gasteiger charge is 2.47. The molecule has 0 aromatic heterocycles. The van der Waals surface area contributed by atoms with Gasteiger partial charge in [-0.1, -0.05) is 29.8 Å². The number of anilines is 1. The van der Waals surface area contributed by atoms with Crippen LogP contribution in [0, 0.1) is 12.7 Å². The van der Waals surface area contributed by atoms with Crippen molar-refractivity contribution in [3.8, 4) is 5.75 Å². The lowest BCUT2D eigenvalue weighted by Crippen LogP contribution is -2.31. The summed E-state index contributed by atoms with van der Waals surface area (Å²) in [6.45, 7) is 4.12. The molecule has 0 aliphatic carbocycles. The van der Waals surface area contributed by atoms with Crippen molar-refractivity contribution in [2.45, 2.75) is 24.8 Å². The van der Waals surface area contributed by atoms with Gasteiger partial charge in [-0.05, 0) is 67.9 Å². The zero-order valence-corrected chi connectivity index (χ0v) is 18.8. The maximum Gasteiger partial charge on any atom is 0.295 e. The Morgan fingerprint density at radius 2 is 1.58 bits per heavy atom. The first-order chi connectivity index (χ1) is 15.7. The first-order valence-corrected chi connectivity index (χ1v) is 11.8. The Morgan fingerprint density at radius 3 is 2.15 bits per heavy atom. The molecule has 3 aromatic rings. The third-order valence-electron chi connectivity index (χ3n) is 5.39. The lowest BCUT2D eigenvalue weighted by molar-refractivity contribution is -0.117. The molecule has 4 rings (SSSR count). The van der Waals surface area contributed by atoms with E-state index in [4.69, 9.17) is 4.74 Å². The number of hydrogen-bond acceptors (Lipinski definition) is 5. The van der Waals surface area contributed by atoms with E-state index in [9.17, 15) is 22.7 Å². The van der Waals surface area contributed by atoms with E-state index in [2.05, 4.69) is 0 Å². The lowest BCUT2D eigenvalue weighted by Gasteiger charge is -2.27. The molecule has 0 saturated carbocycles. The van der Waals surface area contributed by atoms with Crippen LogP contribution in [0.4, 0.5) is 10.1 Å². The number of sulfone groups is 1. The molecule has 0 saturated heterocycles. The Hall–Kier alpha value is -3.65. The molecule has 6 nitrogen and oxygen atoms in total. The van der Waals surface area contributed by atoms with E-state index in [1.807, 2.05) is 13.8 Å². The van der Waals surface area contributed by atoms with Gasteiger partial charge < -0.3 is 9.84 Å². The Labute approximate surface area is 191 Å². The molecule has 170 valence electrons. The number of benzene rings is 3. The predicted octanol–water partition coefficient (Wildman–Crippen LogP) is 4.86. The third-order valence-corrected chi connectivity index (χ3v) is 7.28. The number of amides is 1. The van der Waals surface area contributed by atoms with Gasteiger partial charge in [-0.2, -0.15) is 0 Å². The molecule has 1 aliphatic heterocycles. The molecule has 33 heavy (non-hydrogen) atoms. The average molecular weight is 468 g/mol. The van der Waals surface area contributed by atoms with E-state index >= 15 is 0 Å². The molecular weight excluding hydrogens is 445 g/mol. The fourth-order valence-corrected chi connectivity index (χ4v) is 5.41. The molecular formula is C25H22FNO5S. The summed E-state index contributed by atoms with van der Waals surface area (Å²) in [6, 6.07) is 16.7. The summed E-state index contributed by atoms with van der Waals surface area (Å²) in [5.74, 6) is -1.67. The van der Waals surface area contributed by atoms with Gasteiger partial charge in [-0.25, -0.2) is 12.8 Å². The van der Waals surface area contributed by atoms with Crippen molar-refractivity contribution >= 4 is 21.4 Å². The van der Waals surface area contributed by atoms with Crippen LogP contribution in [-0.4, -0.2) is 26.0 Å². The molecule has 1 N–H and O–H groups in total. The van der Waals surface area contributed by atoms with Crippen molar-refractivity contribution in [1.82, 2.24) is 0 Å². The van der Waals surface area contributed by atoms with Crippen LogP contribution < -0.4 is 9.64 Å². The number of ether oxygens (including phenoxy) is 1. The van der Waals surface area contributed by atoms with Gasteiger partial charge in [-0.3, -0.25) is 9.69 Å². The molecule has 1 heterocycles. The molecule has 1 atom stereocenters. The second kappa shape index (κ2) is 8.71. The van der Waals surface area contributed by atoms with Crippen molar-refractivity contribution in [3.05, 3.63) is 100 Å². The molecule has 3 aromatic carbocycles. The first kappa shape index (κ1) is 22.5. The van der Waals surface area contributed by atoms with Gasteiger partial charge in [0.15, 0.2) is 5.76 Å². The number of nitrogens with zero attached hydrogens (tertiary/aromatic N) is 1. The quantitative estimate of drug-likeness (QED) is 0.560. The summed E-state index contributed by atoms with van der Waals surface area (Å²) in [6.07, 6.45) is 0. The number of aliphatic hydroxyl groups excluding tert-OH is 1. The highest BCUT2D eigenvalue weighted by Crippen LogP contribution is 2.45. The summed E-state index contributed by atoms with van der Waals surface area (Å²) >= 11 is 0. The maximum atomic E-state index is 13.6.